The summed E-state index contributed by atoms with van der Waals surface area (Å²) < 4.78 is 12.6. The Morgan fingerprint density at radius 1 is 1.07 bits per heavy atom. The fraction of sp³-hybridized carbons (Fsp3) is 0.286. The van der Waals surface area contributed by atoms with Crippen LogP contribution in [0.1, 0.15) is 50.3 Å². The Morgan fingerprint density at radius 2 is 1.75 bits per heavy atom. The molecule has 1 aliphatic heterocycles. The van der Waals surface area contributed by atoms with Gasteiger partial charge in [0.2, 0.25) is 0 Å². The number of fused-ring (bicyclic) bond motifs is 2. The maximum absolute atomic E-state index is 12.5. The number of ether oxygens (including phenoxy) is 1. The molecule has 3 heterocycles. The summed E-state index contributed by atoms with van der Waals surface area (Å²) in [6.07, 6.45) is 0.506. The molecule has 0 atom stereocenters. The highest BCUT2D eigenvalue weighted by Gasteiger charge is 2.34. The van der Waals surface area contributed by atoms with E-state index in [0.29, 0.717) is 35.4 Å². The third kappa shape index (κ3) is 2.89. The molecule has 144 valence electrons. The number of aromatic nitrogens is 1. The van der Waals surface area contributed by atoms with Crippen molar-refractivity contribution in [1.29, 1.82) is 0 Å². The molecule has 2 amide bonds. The van der Waals surface area contributed by atoms with E-state index in [0.717, 1.165) is 11.3 Å². The van der Waals surface area contributed by atoms with Crippen LogP contribution < -0.4 is 0 Å². The van der Waals surface area contributed by atoms with Gasteiger partial charge in [0.25, 0.3) is 11.8 Å². The minimum Gasteiger partial charge on any atom is -0.461 e. The predicted molar refractivity (Wildman–Crippen MR) is 101 cm³/mol. The number of carbonyl (C=O) groups excluding carboxylic acids is 3. The lowest BCUT2D eigenvalue weighted by Gasteiger charge is -2.15. The quantitative estimate of drug-likeness (QED) is 0.483. The van der Waals surface area contributed by atoms with Crippen LogP contribution in [0.5, 0.6) is 0 Å². The van der Waals surface area contributed by atoms with E-state index in [9.17, 15) is 14.4 Å². The summed E-state index contributed by atoms with van der Waals surface area (Å²) in [5, 5.41) is 0. The third-order valence-corrected chi connectivity index (χ3v) is 4.84. The lowest BCUT2D eigenvalue weighted by Crippen LogP contribution is -2.31. The third-order valence-electron chi connectivity index (χ3n) is 4.84. The Kier molecular flexibility index (Phi) is 4.50. The van der Waals surface area contributed by atoms with Crippen molar-refractivity contribution in [2.75, 3.05) is 13.2 Å². The molecule has 0 radical (unpaired) electrons. The lowest BCUT2D eigenvalue weighted by molar-refractivity contribution is 0.0511. The summed E-state index contributed by atoms with van der Waals surface area (Å²) in [5.74, 6) is -0.229. The van der Waals surface area contributed by atoms with Crippen molar-refractivity contribution in [3.05, 3.63) is 59.0 Å². The van der Waals surface area contributed by atoms with Gasteiger partial charge >= 0.3 is 5.97 Å². The minimum atomic E-state index is -0.424. The molecule has 1 aromatic carbocycles. The number of hydrogen-bond acceptors (Lipinski definition) is 5. The van der Waals surface area contributed by atoms with Gasteiger partial charge in [0.15, 0.2) is 5.58 Å². The molecule has 4 rings (SSSR count). The highest BCUT2D eigenvalue weighted by Crippen LogP contribution is 2.26. The summed E-state index contributed by atoms with van der Waals surface area (Å²) >= 11 is 0. The van der Waals surface area contributed by atoms with Crippen LogP contribution in [0, 0.1) is 6.92 Å². The summed E-state index contributed by atoms with van der Waals surface area (Å²) in [7, 11) is 0. The Bertz CT molecular complexity index is 1060. The average molecular weight is 380 g/mol. The normalized spacial score (nSPS) is 13.4. The maximum atomic E-state index is 12.5. The van der Waals surface area contributed by atoms with E-state index >= 15 is 0 Å². The van der Waals surface area contributed by atoms with E-state index in [-0.39, 0.29) is 25.0 Å². The Labute approximate surface area is 161 Å². The lowest BCUT2D eigenvalue weighted by atomic mass is 10.1. The fourth-order valence-electron chi connectivity index (χ4n) is 3.61. The second-order valence-corrected chi connectivity index (χ2v) is 6.67. The van der Waals surface area contributed by atoms with Crippen LogP contribution in [0.2, 0.25) is 0 Å². The molecular formula is C21H20N2O5. The monoisotopic (exact) mass is 380 g/mol. The van der Waals surface area contributed by atoms with Gasteiger partial charge in [-0.2, -0.15) is 0 Å². The number of hydrogen-bond donors (Lipinski definition) is 0. The van der Waals surface area contributed by atoms with Crippen molar-refractivity contribution in [3.63, 3.8) is 0 Å². The van der Waals surface area contributed by atoms with Crippen molar-refractivity contribution in [2.45, 2.75) is 26.8 Å². The first-order valence-electron chi connectivity index (χ1n) is 9.23. The van der Waals surface area contributed by atoms with E-state index in [1.165, 1.54) is 4.90 Å². The summed E-state index contributed by atoms with van der Waals surface area (Å²) in [6, 6.07) is 10.4. The van der Waals surface area contributed by atoms with Crippen LogP contribution in [-0.4, -0.2) is 40.4 Å². The molecule has 0 saturated carbocycles. The van der Waals surface area contributed by atoms with Gasteiger partial charge in [-0.25, -0.2) is 4.79 Å². The zero-order valence-corrected chi connectivity index (χ0v) is 15.7. The Balaban J connectivity index is 1.53. The Morgan fingerprint density at radius 3 is 2.39 bits per heavy atom. The number of amides is 2. The molecule has 7 nitrogen and oxygen atoms in total. The van der Waals surface area contributed by atoms with Crippen molar-refractivity contribution in [2.24, 2.45) is 0 Å². The second-order valence-electron chi connectivity index (χ2n) is 6.67. The highest BCUT2D eigenvalue weighted by atomic mass is 16.5. The van der Waals surface area contributed by atoms with Gasteiger partial charge in [0, 0.05) is 25.2 Å². The maximum Gasteiger partial charge on any atom is 0.355 e. The molecule has 1 aliphatic rings. The molecule has 0 N–H and O–H groups in total. The van der Waals surface area contributed by atoms with Gasteiger partial charge in [-0.15, -0.1) is 0 Å². The molecule has 0 aliphatic carbocycles. The smallest absolute Gasteiger partial charge is 0.355 e. The number of imide groups is 1. The molecule has 7 heteroatoms. The van der Waals surface area contributed by atoms with Crippen LogP contribution in [0.3, 0.4) is 0 Å². The van der Waals surface area contributed by atoms with E-state index in [1.54, 1.807) is 37.3 Å². The largest absolute Gasteiger partial charge is 0.461 e. The first kappa shape index (κ1) is 18.0. The number of benzene rings is 1. The molecular weight excluding hydrogens is 360 g/mol. The number of nitrogens with zero attached hydrogens (tertiary/aromatic N) is 2. The molecule has 2 aromatic heterocycles. The fourth-order valence-corrected chi connectivity index (χ4v) is 3.61. The van der Waals surface area contributed by atoms with Crippen LogP contribution >= 0.6 is 0 Å². The zero-order valence-electron chi connectivity index (χ0n) is 15.7. The first-order valence-corrected chi connectivity index (χ1v) is 9.23. The SMILES string of the molecule is CCOC(=O)c1cc2oc(C)cc2n1CCCN1C(=O)c2ccccc2C1=O. The minimum absolute atomic E-state index is 0.269. The predicted octanol–water partition coefficient (Wildman–Crippen LogP) is 3.41. The van der Waals surface area contributed by atoms with E-state index in [1.807, 2.05) is 17.6 Å². The molecule has 0 fully saturated rings. The van der Waals surface area contributed by atoms with Gasteiger partial charge in [-0.3, -0.25) is 14.5 Å². The summed E-state index contributed by atoms with van der Waals surface area (Å²) in [6.45, 7) is 4.59. The van der Waals surface area contributed by atoms with Gasteiger partial charge < -0.3 is 13.7 Å². The second kappa shape index (κ2) is 6.99. The van der Waals surface area contributed by atoms with Crippen molar-refractivity contribution in [3.8, 4) is 0 Å². The van der Waals surface area contributed by atoms with Gasteiger partial charge in [0.05, 0.1) is 23.3 Å². The highest BCUT2D eigenvalue weighted by molar-refractivity contribution is 6.21. The number of esters is 1. The Hall–Kier alpha value is -3.35. The number of aryl methyl sites for hydroxylation is 2. The molecule has 0 spiro atoms. The molecule has 3 aromatic rings. The molecule has 28 heavy (non-hydrogen) atoms. The van der Waals surface area contributed by atoms with E-state index in [4.69, 9.17) is 9.15 Å². The zero-order chi connectivity index (χ0) is 19.8. The number of rotatable bonds is 6. The van der Waals surface area contributed by atoms with Crippen LogP contribution in [0.25, 0.3) is 11.1 Å². The van der Waals surface area contributed by atoms with Crippen LogP contribution in [0.15, 0.2) is 40.8 Å². The van der Waals surface area contributed by atoms with Gasteiger partial charge in [-0.05, 0) is 32.4 Å². The van der Waals surface area contributed by atoms with E-state index < -0.39 is 5.97 Å². The number of carbonyl (C=O) groups is 3. The topological polar surface area (TPSA) is 81.8 Å². The number of furan rings is 1. The van der Waals surface area contributed by atoms with E-state index in [2.05, 4.69) is 0 Å². The molecule has 0 saturated heterocycles. The summed E-state index contributed by atoms with van der Waals surface area (Å²) in [5.41, 5.74) is 2.68. The first-order chi connectivity index (χ1) is 13.5. The van der Waals surface area contributed by atoms with Crippen LogP contribution in [-0.2, 0) is 11.3 Å². The van der Waals surface area contributed by atoms with Crippen molar-refractivity contribution >= 4 is 28.9 Å². The molecule has 0 bridgehead atoms. The van der Waals surface area contributed by atoms with Crippen molar-refractivity contribution < 1.29 is 23.5 Å². The van der Waals surface area contributed by atoms with Gasteiger partial charge in [-0.1, -0.05) is 12.1 Å². The van der Waals surface area contributed by atoms with Crippen molar-refractivity contribution in [1.82, 2.24) is 9.47 Å². The standard InChI is InChI=1S/C21H20N2O5/c1-3-27-21(26)17-12-18-16(11-13(2)28-18)22(17)9-6-10-23-19(24)14-7-4-5-8-15(14)20(23)25/h4-5,7-8,11-12H,3,6,9-10H2,1-2H3. The summed E-state index contributed by atoms with van der Waals surface area (Å²) in [4.78, 5) is 38.5. The molecule has 0 unspecified atom stereocenters. The van der Waals surface area contributed by atoms with Crippen LogP contribution in [0.4, 0.5) is 0 Å². The average Bonchev–Trinajstić information content (AvgIpc) is 3.28. The van der Waals surface area contributed by atoms with Gasteiger partial charge in [0.1, 0.15) is 11.5 Å².